The summed E-state index contributed by atoms with van der Waals surface area (Å²) in [6.07, 6.45) is 6.46. The van der Waals surface area contributed by atoms with Gasteiger partial charge in [-0.05, 0) is 57.6 Å². The molecule has 0 bridgehead atoms. The van der Waals surface area contributed by atoms with Crippen molar-refractivity contribution in [2.24, 2.45) is 4.99 Å². The maximum atomic E-state index is 11.9. The number of guanidine groups is 1. The molecule has 0 atom stereocenters. The van der Waals surface area contributed by atoms with E-state index in [1.165, 1.54) is 12.8 Å². The SMILES string of the molecule is CCOC(=O)N1CCC(NC(=NC)NCc2ccc(OC)cc2OC2CCCC2)CC1. The number of carbonyl (C=O) groups is 1. The Kier molecular flexibility index (Phi) is 8.67. The number of benzene rings is 1. The molecule has 8 heteroatoms. The van der Waals surface area contributed by atoms with Gasteiger partial charge in [0.05, 0.1) is 19.8 Å². The summed E-state index contributed by atoms with van der Waals surface area (Å²) in [5, 5.41) is 6.88. The molecule has 1 aromatic carbocycles. The van der Waals surface area contributed by atoms with Gasteiger partial charge in [-0.25, -0.2) is 4.79 Å². The van der Waals surface area contributed by atoms with E-state index in [1.807, 2.05) is 25.1 Å². The molecule has 1 amide bonds. The molecule has 31 heavy (non-hydrogen) atoms. The van der Waals surface area contributed by atoms with Crippen LogP contribution in [-0.4, -0.2) is 63.0 Å². The average Bonchev–Trinajstić information content (AvgIpc) is 3.31. The van der Waals surface area contributed by atoms with Gasteiger partial charge in [0.1, 0.15) is 11.5 Å². The highest BCUT2D eigenvalue weighted by molar-refractivity contribution is 5.80. The Morgan fingerprint density at radius 2 is 1.94 bits per heavy atom. The highest BCUT2D eigenvalue weighted by Gasteiger charge is 2.24. The van der Waals surface area contributed by atoms with E-state index in [1.54, 1.807) is 19.1 Å². The Bertz CT molecular complexity index is 741. The third kappa shape index (κ3) is 6.67. The standard InChI is InChI=1S/C23H36N4O4/c1-4-30-23(28)27-13-11-18(12-14-27)26-22(24-2)25-16-17-9-10-20(29-3)15-21(17)31-19-7-5-6-8-19/h9-10,15,18-19H,4-8,11-14,16H2,1-3H3,(H2,24,25,26). The normalized spacial score (nSPS) is 18.0. The van der Waals surface area contributed by atoms with E-state index in [0.717, 1.165) is 48.7 Å². The summed E-state index contributed by atoms with van der Waals surface area (Å²) in [5.74, 6) is 2.42. The molecular weight excluding hydrogens is 396 g/mol. The van der Waals surface area contributed by atoms with Crippen LogP contribution in [0.3, 0.4) is 0 Å². The van der Waals surface area contributed by atoms with E-state index in [2.05, 4.69) is 15.6 Å². The Hall–Kier alpha value is -2.64. The van der Waals surface area contributed by atoms with Crippen LogP contribution in [0, 0.1) is 0 Å². The van der Waals surface area contributed by atoms with Crippen molar-refractivity contribution in [2.45, 2.75) is 64.1 Å². The first-order chi connectivity index (χ1) is 15.1. The number of aliphatic imine (C=N–C) groups is 1. The largest absolute Gasteiger partial charge is 0.497 e. The molecule has 1 saturated carbocycles. The van der Waals surface area contributed by atoms with Gasteiger partial charge in [0, 0.05) is 44.4 Å². The molecule has 1 heterocycles. The lowest BCUT2D eigenvalue weighted by molar-refractivity contribution is 0.0963. The fraction of sp³-hybridized carbons (Fsp3) is 0.652. The second-order valence-corrected chi connectivity index (χ2v) is 8.03. The van der Waals surface area contributed by atoms with Gasteiger partial charge in [0.15, 0.2) is 5.96 Å². The summed E-state index contributed by atoms with van der Waals surface area (Å²) < 4.78 is 16.8. The fourth-order valence-corrected chi connectivity index (χ4v) is 4.09. The maximum absolute atomic E-state index is 11.9. The lowest BCUT2D eigenvalue weighted by Gasteiger charge is -2.32. The molecule has 2 aliphatic rings. The van der Waals surface area contributed by atoms with Gasteiger partial charge >= 0.3 is 6.09 Å². The zero-order valence-corrected chi connectivity index (χ0v) is 19.0. The molecule has 0 aromatic heterocycles. The predicted molar refractivity (Wildman–Crippen MR) is 121 cm³/mol. The monoisotopic (exact) mass is 432 g/mol. The minimum absolute atomic E-state index is 0.224. The second kappa shape index (κ2) is 11.7. The van der Waals surface area contributed by atoms with Crippen LogP contribution in [0.1, 0.15) is 51.0 Å². The number of likely N-dealkylation sites (tertiary alicyclic amines) is 1. The lowest BCUT2D eigenvalue weighted by Crippen LogP contribution is -2.49. The Balaban J connectivity index is 1.53. The van der Waals surface area contributed by atoms with E-state index < -0.39 is 0 Å². The topological polar surface area (TPSA) is 84.4 Å². The summed E-state index contributed by atoms with van der Waals surface area (Å²) in [6.45, 7) is 4.21. The van der Waals surface area contributed by atoms with E-state index in [4.69, 9.17) is 14.2 Å². The van der Waals surface area contributed by atoms with Crippen LogP contribution in [0.5, 0.6) is 11.5 Å². The molecule has 2 fully saturated rings. The van der Waals surface area contributed by atoms with Gasteiger partial charge in [0.2, 0.25) is 0 Å². The third-order valence-corrected chi connectivity index (χ3v) is 5.90. The molecule has 3 rings (SSSR count). The molecular formula is C23H36N4O4. The van der Waals surface area contributed by atoms with Crippen LogP contribution in [-0.2, 0) is 11.3 Å². The van der Waals surface area contributed by atoms with Crippen molar-refractivity contribution in [3.63, 3.8) is 0 Å². The van der Waals surface area contributed by atoms with Crippen molar-refractivity contribution in [3.05, 3.63) is 23.8 Å². The highest BCUT2D eigenvalue weighted by Crippen LogP contribution is 2.30. The molecule has 0 unspecified atom stereocenters. The van der Waals surface area contributed by atoms with E-state index in [-0.39, 0.29) is 18.2 Å². The van der Waals surface area contributed by atoms with Gasteiger partial charge < -0.3 is 29.7 Å². The number of methoxy groups -OCH3 is 1. The smallest absolute Gasteiger partial charge is 0.409 e. The second-order valence-electron chi connectivity index (χ2n) is 8.03. The molecule has 0 radical (unpaired) electrons. The van der Waals surface area contributed by atoms with Crippen LogP contribution in [0.25, 0.3) is 0 Å². The number of carbonyl (C=O) groups excluding carboxylic acids is 1. The molecule has 8 nitrogen and oxygen atoms in total. The Morgan fingerprint density at radius 1 is 1.19 bits per heavy atom. The molecule has 1 aromatic rings. The van der Waals surface area contributed by atoms with Crippen molar-refractivity contribution >= 4 is 12.1 Å². The molecule has 1 aliphatic carbocycles. The number of hydrogen-bond acceptors (Lipinski definition) is 5. The summed E-state index contributed by atoms with van der Waals surface area (Å²) in [6, 6.07) is 6.24. The van der Waals surface area contributed by atoms with Crippen molar-refractivity contribution in [3.8, 4) is 11.5 Å². The number of piperidine rings is 1. The lowest BCUT2D eigenvalue weighted by atomic mass is 10.1. The van der Waals surface area contributed by atoms with Crippen LogP contribution in [0.4, 0.5) is 4.79 Å². The average molecular weight is 433 g/mol. The molecule has 1 saturated heterocycles. The van der Waals surface area contributed by atoms with Gasteiger partial charge in [-0.2, -0.15) is 0 Å². The summed E-state index contributed by atoms with van der Waals surface area (Å²) in [4.78, 5) is 18.0. The molecule has 1 aliphatic heterocycles. The van der Waals surface area contributed by atoms with Crippen LogP contribution in [0.15, 0.2) is 23.2 Å². The minimum atomic E-state index is -0.224. The zero-order valence-electron chi connectivity index (χ0n) is 19.0. The van der Waals surface area contributed by atoms with Crippen LogP contribution >= 0.6 is 0 Å². The van der Waals surface area contributed by atoms with Gasteiger partial charge in [-0.3, -0.25) is 4.99 Å². The number of ether oxygens (including phenoxy) is 3. The zero-order chi connectivity index (χ0) is 22.1. The first-order valence-electron chi connectivity index (χ1n) is 11.3. The Morgan fingerprint density at radius 3 is 2.58 bits per heavy atom. The van der Waals surface area contributed by atoms with Crippen molar-refractivity contribution in [1.82, 2.24) is 15.5 Å². The quantitative estimate of drug-likeness (QED) is 0.508. The van der Waals surface area contributed by atoms with Gasteiger partial charge in [-0.1, -0.05) is 0 Å². The van der Waals surface area contributed by atoms with E-state index in [9.17, 15) is 4.79 Å². The van der Waals surface area contributed by atoms with Crippen molar-refractivity contribution < 1.29 is 19.0 Å². The number of nitrogens with zero attached hydrogens (tertiary/aromatic N) is 2. The maximum Gasteiger partial charge on any atom is 0.409 e. The number of rotatable bonds is 7. The first-order valence-corrected chi connectivity index (χ1v) is 11.3. The molecule has 0 spiro atoms. The predicted octanol–water partition coefficient (Wildman–Crippen LogP) is 3.30. The third-order valence-electron chi connectivity index (χ3n) is 5.90. The van der Waals surface area contributed by atoms with Gasteiger partial charge in [-0.15, -0.1) is 0 Å². The summed E-state index contributed by atoms with van der Waals surface area (Å²) in [7, 11) is 3.44. The van der Waals surface area contributed by atoms with E-state index in [0.29, 0.717) is 26.2 Å². The molecule has 2 N–H and O–H groups in total. The highest BCUT2D eigenvalue weighted by atomic mass is 16.6. The van der Waals surface area contributed by atoms with Crippen molar-refractivity contribution in [2.75, 3.05) is 33.9 Å². The Labute approximate surface area is 185 Å². The summed E-state index contributed by atoms with van der Waals surface area (Å²) in [5.41, 5.74) is 1.08. The number of hydrogen-bond donors (Lipinski definition) is 2. The van der Waals surface area contributed by atoms with Crippen LogP contribution < -0.4 is 20.1 Å². The fourth-order valence-electron chi connectivity index (χ4n) is 4.09. The van der Waals surface area contributed by atoms with Gasteiger partial charge in [0.25, 0.3) is 0 Å². The summed E-state index contributed by atoms with van der Waals surface area (Å²) >= 11 is 0. The van der Waals surface area contributed by atoms with Crippen molar-refractivity contribution in [1.29, 1.82) is 0 Å². The molecule has 172 valence electrons. The number of amides is 1. The van der Waals surface area contributed by atoms with Crippen LogP contribution in [0.2, 0.25) is 0 Å². The van der Waals surface area contributed by atoms with E-state index >= 15 is 0 Å². The first kappa shape index (κ1) is 23.0. The minimum Gasteiger partial charge on any atom is -0.497 e. The number of nitrogens with one attached hydrogen (secondary N) is 2.